The van der Waals surface area contributed by atoms with Gasteiger partial charge in [-0.15, -0.1) is 0 Å². The average molecular weight is 475 g/mol. The van der Waals surface area contributed by atoms with Crippen LogP contribution in [0.5, 0.6) is 0 Å². The van der Waals surface area contributed by atoms with Gasteiger partial charge in [0.1, 0.15) is 5.70 Å². The Labute approximate surface area is 214 Å². The van der Waals surface area contributed by atoms with E-state index >= 15 is 0 Å². The van der Waals surface area contributed by atoms with Gasteiger partial charge >= 0.3 is 0 Å². The second kappa shape index (κ2) is 15.4. The molecule has 0 unspecified atom stereocenters. The van der Waals surface area contributed by atoms with Gasteiger partial charge in [0, 0.05) is 30.2 Å². The Bertz CT molecular complexity index is 1030. The Hall–Kier alpha value is -3.53. The Morgan fingerprint density at radius 3 is 2.11 bits per heavy atom. The largest absolute Gasteiger partial charge is 0.397 e. The molecule has 0 bridgehead atoms. The summed E-state index contributed by atoms with van der Waals surface area (Å²) in [7, 11) is 0. The molecule has 0 spiro atoms. The van der Waals surface area contributed by atoms with Crippen molar-refractivity contribution in [2.75, 3.05) is 6.54 Å². The topological polar surface area (TPSA) is 53.6 Å². The van der Waals surface area contributed by atoms with Gasteiger partial charge in [-0.05, 0) is 81.7 Å². The summed E-state index contributed by atoms with van der Waals surface area (Å²) in [4.78, 5) is 6.13. The Morgan fingerprint density at radius 2 is 1.69 bits per heavy atom. The molecule has 0 aliphatic rings. The van der Waals surface area contributed by atoms with Gasteiger partial charge in [0.15, 0.2) is 0 Å². The van der Waals surface area contributed by atoms with Crippen LogP contribution in [0.15, 0.2) is 107 Å². The van der Waals surface area contributed by atoms with Crippen molar-refractivity contribution in [2.24, 2.45) is 10.7 Å². The average Bonchev–Trinajstić information content (AvgIpc) is 2.79. The molecular weight excluding hydrogens is 428 g/mol. The van der Waals surface area contributed by atoms with Crippen LogP contribution in [-0.4, -0.2) is 18.2 Å². The van der Waals surface area contributed by atoms with E-state index in [-0.39, 0.29) is 0 Å². The highest BCUT2D eigenvalue weighted by Gasteiger charge is 2.16. The van der Waals surface area contributed by atoms with Crippen LogP contribution in [0.1, 0.15) is 58.2 Å². The molecule has 0 aliphatic carbocycles. The van der Waals surface area contributed by atoms with Crippen LogP contribution in [0.25, 0.3) is 0 Å². The summed E-state index contributed by atoms with van der Waals surface area (Å²) in [6.45, 7) is 39.5. The van der Waals surface area contributed by atoms with E-state index in [0.29, 0.717) is 24.5 Å². The van der Waals surface area contributed by atoms with Crippen LogP contribution in [0.3, 0.4) is 0 Å². The number of allylic oxidation sites excluding steroid dienone is 4. The molecule has 0 saturated carbocycles. The fourth-order valence-electron chi connectivity index (χ4n) is 3.56. The van der Waals surface area contributed by atoms with E-state index in [2.05, 4.69) is 93.8 Å². The second-order valence-corrected chi connectivity index (χ2v) is 8.42. The first-order chi connectivity index (χ1) is 16.4. The first-order valence-corrected chi connectivity index (χ1v) is 12.0. The van der Waals surface area contributed by atoms with Gasteiger partial charge in [0.2, 0.25) is 0 Å². The number of aliphatic imine (C=N–C) groups is 1. The molecule has 0 fully saturated rings. The number of rotatable bonds is 13. The summed E-state index contributed by atoms with van der Waals surface area (Å²) >= 11 is 0. The van der Waals surface area contributed by atoms with Crippen LogP contribution >= 0.6 is 0 Å². The van der Waals surface area contributed by atoms with Gasteiger partial charge in [0.05, 0.1) is 5.70 Å². The van der Waals surface area contributed by atoms with Crippen LogP contribution in [-0.2, 0) is 13.0 Å². The monoisotopic (exact) mass is 474 g/mol. The predicted molar refractivity (Wildman–Crippen MR) is 157 cm³/mol. The minimum atomic E-state index is 0.372. The molecule has 1 rings (SSSR count). The molecule has 4 nitrogen and oxygen atoms in total. The summed E-state index contributed by atoms with van der Waals surface area (Å²) in [5, 5.41) is 3.39. The lowest BCUT2D eigenvalue weighted by Gasteiger charge is -2.29. The number of benzene rings is 1. The number of nitrogens with one attached hydrogen (secondary N) is 1. The minimum absolute atomic E-state index is 0.372. The maximum absolute atomic E-state index is 5.90. The third kappa shape index (κ3) is 9.70. The summed E-state index contributed by atoms with van der Waals surface area (Å²) in [6, 6.07) is 6.51. The summed E-state index contributed by atoms with van der Waals surface area (Å²) in [5.74, 6) is 0. The first kappa shape index (κ1) is 31.5. The van der Waals surface area contributed by atoms with Crippen LogP contribution < -0.4 is 11.1 Å². The van der Waals surface area contributed by atoms with Gasteiger partial charge in [-0.3, -0.25) is 4.99 Å². The standard InChI is InChI=1S/C29H40N4.C2H6/c1-12-33(25(10)29(31-11)23(8)30)28(20(4)5)17-21(6)24(9)32-18-26-13-14-27(15-19(2)3)22(7)16-26;1-2/h13-14,16-17,32H,2,4,6,8-9,11-12,15,18,30H2,1,3,5,7,10H3;1-2H3/b28-17-,29-25-;. The molecular formula is C31H46N4. The molecule has 0 aliphatic heterocycles. The number of aryl methyl sites for hydroxylation is 1. The van der Waals surface area contributed by atoms with Gasteiger partial charge in [-0.2, -0.15) is 0 Å². The molecule has 0 atom stereocenters. The lowest BCUT2D eigenvalue weighted by molar-refractivity contribution is 0.453. The molecule has 0 saturated heterocycles. The van der Waals surface area contributed by atoms with Crippen molar-refractivity contribution in [1.82, 2.24) is 10.2 Å². The zero-order valence-electron chi connectivity index (χ0n) is 23.1. The normalized spacial score (nSPS) is 11.3. The molecule has 3 N–H and O–H groups in total. The molecule has 0 amide bonds. The van der Waals surface area contributed by atoms with Gasteiger partial charge in [0.25, 0.3) is 0 Å². The smallest absolute Gasteiger partial charge is 0.104 e. The van der Waals surface area contributed by atoms with E-state index in [1.165, 1.54) is 16.7 Å². The third-order valence-electron chi connectivity index (χ3n) is 5.36. The Kier molecular flexibility index (Phi) is 13.8. The summed E-state index contributed by atoms with van der Waals surface area (Å²) in [5.41, 5.74) is 15.9. The van der Waals surface area contributed by atoms with E-state index in [1.54, 1.807) is 0 Å². The van der Waals surface area contributed by atoms with Crippen molar-refractivity contribution >= 4 is 6.72 Å². The summed E-state index contributed by atoms with van der Waals surface area (Å²) in [6.07, 6.45) is 2.88. The van der Waals surface area contributed by atoms with Crippen molar-refractivity contribution < 1.29 is 0 Å². The minimum Gasteiger partial charge on any atom is -0.397 e. The van der Waals surface area contributed by atoms with Crippen molar-refractivity contribution in [1.29, 1.82) is 0 Å². The quantitative estimate of drug-likeness (QED) is 0.177. The number of likely N-dealkylation sites (N-methyl/N-ethyl adjacent to an activating group) is 1. The lowest BCUT2D eigenvalue weighted by atomic mass is 10.00. The van der Waals surface area contributed by atoms with Gasteiger partial charge in [-0.1, -0.05) is 70.5 Å². The summed E-state index contributed by atoms with van der Waals surface area (Å²) < 4.78 is 0. The van der Waals surface area contributed by atoms with Crippen LogP contribution in [0, 0.1) is 6.92 Å². The second-order valence-electron chi connectivity index (χ2n) is 8.42. The predicted octanol–water partition coefficient (Wildman–Crippen LogP) is 7.49. The Morgan fingerprint density at radius 1 is 1.09 bits per heavy atom. The molecule has 1 aromatic carbocycles. The highest BCUT2D eigenvalue weighted by Crippen LogP contribution is 2.25. The van der Waals surface area contributed by atoms with Gasteiger partial charge < -0.3 is 16.0 Å². The molecule has 1 aromatic rings. The molecule has 4 heteroatoms. The number of hydrogen-bond donors (Lipinski definition) is 2. The van der Waals surface area contributed by atoms with E-state index in [0.717, 1.165) is 40.2 Å². The number of nitrogens with zero attached hydrogens (tertiary/aromatic N) is 2. The van der Waals surface area contributed by atoms with E-state index in [9.17, 15) is 0 Å². The fourth-order valence-corrected chi connectivity index (χ4v) is 3.56. The fraction of sp³-hybridized carbons (Fsp3) is 0.323. The van der Waals surface area contributed by atoms with E-state index < -0.39 is 0 Å². The van der Waals surface area contributed by atoms with Crippen molar-refractivity contribution in [2.45, 2.75) is 61.4 Å². The third-order valence-corrected chi connectivity index (χ3v) is 5.36. The van der Waals surface area contributed by atoms with Crippen LogP contribution in [0.2, 0.25) is 0 Å². The highest BCUT2D eigenvalue weighted by atomic mass is 15.2. The van der Waals surface area contributed by atoms with E-state index in [1.807, 2.05) is 33.8 Å². The molecule has 0 heterocycles. The maximum atomic E-state index is 5.90. The van der Waals surface area contributed by atoms with Crippen molar-refractivity contribution in [3.05, 3.63) is 119 Å². The van der Waals surface area contributed by atoms with Crippen LogP contribution in [0.4, 0.5) is 0 Å². The van der Waals surface area contributed by atoms with Crippen molar-refractivity contribution in [3.8, 4) is 0 Å². The first-order valence-electron chi connectivity index (χ1n) is 12.0. The zero-order chi connectivity index (χ0) is 27.3. The van der Waals surface area contributed by atoms with Crippen molar-refractivity contribution in [3.63, 3.8) is 0 Å². The van der Waals surface area contributed by atoms with Gasteiger partial charge in [-0.25, -0.2) is 0 Å². The lowest BCUT2D eigenvalue weighted by Crippen LogP contribution is -2.24. The van der Waals surface area contributed by atoms with E-state index in [4.69, 9.17) is 5.73 Å². The molecule has 35 heavy (non-hydrogen) atoms. The Balaban J connectivity index is 0.00000562. The molecule has 0 aromatic heterocycles. The maximum Gasteiger partial charge on any atom is 0.104 e. The highest BCUT2D eigenvalue weighted by molar-refractivity contribution is 5.45. The SMILES string of the molecule is C=N/C(C(=C)N)=C(/C)N(CC)/C(=C\C(=C)C(=C)NCc1ccc(CC(=C)C)c(C)c1)C(=C)C.CC. The molecule has 0 radical (unpaired) electrons. The number of hydrogen-bond acceptors (Lipinski definition) is 4. The number of nitrogens with two attached hydrogens (primary N) is 1. The molecule has 190 valence electrons. The zero-order valence-corrected chi connectivity index (χ0v) is 23.1.